The van der Waals surface area contributed by atoms with Gasteiger partial charge in [0.05, 0.1) is 5.69 Å². The molecule has 0 amide bonds. The maximum absolute atomic E-state index is 12.5. The molecule has 3 rings (SSSR count). The number of nitrogens with one attached hydrogen (secondary N) is 1. The van der Waals surface area contributed by atoms with Gasteiger partial charge in [0, 0.05) is 0 Å². The summed E-state index contributed by atoms with van der Waals surface area (Å²) in [5, 5.41) is 2.87. The van der Waals surface area contributed by atoms with Crippen molar-refractivity contribution < 1.29 is 17.9 Å². The highest BCUT2D eigenvalue weighted by molar-refractivity contribution is 9.10. The highest BCUT2D eigenvalue weighted by Crippen LogP contribution is 2.34. The van der Waals surface area contributed by atoms with Crippen LogP contribution in [0.2, 0.25) is 0 Å². The maximum Gasteiger partial charge on any atom is 0.573 e. The van der Waals surface area contributed by atoms with Gasteiger partial charge in [-0.25, -0.2) is 4.68 Å². The average Bonchev–Trinajstić information content (AvgIpc) is 3.20. The minimum absolute atomic E-state index is 0.0209. The van der Waals surface area contributed by atoms with Crippen molar-refractivity contribution in [1.29, 1.82) is 0 Å². The lowest BCUT2D eigenvalue weighted by Crippen LogP contribution is -2.21. The Kier molecular flexibility index (Phi) is 3.80. The lowest BCUT2D eigenvalue weighted by molar-refractivity contribution is -0.274. The first-order valence-corrected chi connectivity index (χ1v) is 7.49. The molecule has 8 heteroatoms. The molecule has 1 aliphatic rings. The van der Waals surface area contributed by atoms with Crippen LogP contribution in [0.3, 0.4) is 0 Å². The Labute approximate surface area is 132 Å². The third kappa shape index (κ3) is 3.21. The third-order valence-electron chi connectivity index (χ3n) is 3.42. The maximum atomic E-state index is 12.5. The van der Waals surface area contributed by atoms with Crippen molar-refractivity contribution in [3.63, 3.8) is 0 Å². The Balaban J connectivity index is 2.02. The summed E-state index contributed by atoms with van der Waals surface area (Å²) < 4.78 is 42.8. The first-order chi connectivity index (χ1) is 10.3. The van der Waals surface area contributed by atoms with Gasteiger partial charge in [-0.05, 0) is 53.2 Å². The van der Waals surface area contributed by atoms with Crippen molar-refractivity contribution >= 4 is 15.9 Å². The summed E-state index contributed by atoms with van der Waals surface area (Å²) in [6.45, 7) is 0. The van der Waals surface area contributed by atoms with Crippen molar-refractivity contribution in [3.05, 3.63) is 44.8 Å². The van der Waals surface area contributed by atoms with Gasteiger partial charge in [-0.15, -0.1) is 13.2 Å². The zero-order valence-corrected chi connectivity index (χ0v) is 12.9. The number of benzene rings is 1. The van der Waals surface area contributed by atoms with Gasteiger partial charge in [0.15, 0.2) is 5.75 Å². The van der Waals surface area contributed by atoms with Crippen LogP contribution in [0.4, 0.5) is 13.2 Å². The summed E-state index contributed by atoms with van der Waals surface area (Å²) in [7, 11) is 0. The van der Waals surface area contributed by atoms with Crippen molar-refractivity contribution in [2.24, 2.45) is 5.92 Å². The number of alkyl halides is 3. The van der Waals surface area contributed by atoms with E-state index in [0.717, 1.165) is 17.5 Å². The molecule has 0 bridgehead atoms. The fourth-order valence-corrected chi connectivity index (χ4v) is 2.66. The highest BCUT2D eigenvalue weighted by Gasteiger charge is 2.33. The monoisotopic (exact) mass is 376 g/mol. The number of H-pyrrole nitrogens is 1. The molecule has 0 aliphatic heterocycles. The lowest BCUT2D eigenvalue weighted by Gasteiger charge is -2.13. The number of hydrogen-bond acceptors (Lipinski definition) is 2. The molecular formula is C14H12BrF3N2O2. The number of aromatic nitrogens is 2. The predicted octanol–water partition coefficient (Wildman–Crippen LogP) is 3.78. The van der Waals surface area contributed by atoms with Crippen molar-refractivity contribution in [3.8, 4) is 11.4 Å². The van der Waals surface area contributed by atoms with Gasteiger partial charge in [0.1, 0.15) is 10.2 Å². The normalized spacial score (nSPS) is 15.1. The molecule has 1 fully saturated rings. The van der Waals surface area contributed by atoms with E-state index in [0.29, 0.717) is 22.5 Å². The molecule has 2 aromatic rings. The van der Waals surface area contributed by atoms with E-state index >= 15 is 0 Å². The van der Waals surface area contributed by atoms with E-state index in [-0.39, 0.29) is 5.69 Å². The molecule has 1 aromatic carbocycles. The molecule has 0 spiro atoms. The van der Waals surface area contributed by atoms with E-state index in [2.05, 4.69) is 25.8 Å². The van der Waals surface area contributed by atoms with Gasteiger partial charge >= 0.3 is 6.36 Å². The molecule has 1 N–H and O–H groups in total. The van der Waals surface area contributed by atoms with Gasteiger partial charge < -0.3 is 4.74 Å². The van der Waals surface area contributed by atoms with Crippen LogP contribution < -0.4 is 10.3 Å². The molecule has 1 saturated carbocycles. The van der Waals surface area contributed by atoms with Crippen molar-refractivity contribution in [1.82, 2.24) is 9.78 Å². The minimum Gasteiger partial charge on any atom is -0.403 e. The largest absolute Gasteiger partial charge is 0.573 e. The Bertz CT molecular complexity index is 747. The van der Waals surface area contributed by atoms with E-state index in [1.165, 1.54) is 18.2 Å². The predicted molar refractivity (Wildman–Crippen MR) is 77.2 cm³/mol. The van der Waals surface area contributed by atoms with Crippen LogP contribution in [-0.4, -0.2) is 16.1 Å². The smallest absolute Gasteiger partial charge is 0.403 e. The Morgan fingerprint density at radius 1 is 1.32 bits per heavy atom. The molecule has 4 nitrogen and oxygen atoms in total. The SMILES string of the molecule is O=c1c(Br)c(CC2CC2)[nH]n1-c1ccccc1OC(F)(F)F. The number of rotatable bonds is 4. The van der Waals surface area contributed by atoms with Crippen LogP contribution >= 0.6 is 15.9 Å². The number of aromatic amines is 1. The van der Waals surface area contributed by atoms with E-state index in [4.69, 9.17) is 0 Å². The number of halogens is 4. The minimum atomic E-state index is -4.82. The van der Waals surface area contributed by atoms with Gasteiger partial charge in [0.25, 0.3) is 5.56 Å². The Morgan fingerprint density at radius 3 is 2.64 bits per heavy atom. The van der Waals surface area contributed by atoms with Crippen molar-refractivity contribution in [2.45, 2.75) is 25.6 Å². The van der Waals surface area contributed by atoms with Gasteiger partial charge in [-0.3, -0.25) is 9.89 Å². The Hall–Kier alpha value is -1.70. The number of hydrogen-bond donors (Lipinski definition) is 1. The highest BCUT2D eigenvalue weighted by atomic mass is 79.9. The van der Waals surface area contributed by atoms with Gasteiger partial charge in [0.2, 0.25) is 0 Å². The summed E-state index contributed by atoms with van der Waals surface area (Å²) in [6.07, 6.45) is -1.91. The molecule has 0 radical (unpaired) electrons. The fourth-order valence-electron chi connectivity index (χ4n) is 2.23. The second kappa shape index (κ2) is 5.49. The molecule has 0 unspecified atom stereocenters. The lowest BCUT2D eigenvalue weighted by atomic mass is 10.2. The van der Waals surface area contributed by atoms with Crippen LogP contribution in [0.25, 0.3) is 5.69 Å². The van der Waals surface area contributed by atoms with E-state index in [1.54, 1.807) is 6.07 Å². The second-order valence-electron chi connectivity index (χ2n) is 5.21. The van der Waals surface area contributed by atoms with Crippen LogP contribution in [0, 0.1) is 5.92 Å². The first-order valence-electron chi connectivity index (χ1n) is 6.69. The molecule has 1 aromatic heterocycles. The van der Waals surface area contributed by atoms with Crippen LogP contribution in [0.15, 0.2) is 33.5 Å². The number of nitrogens with zero attached hydrogens (tertiary/aromatic N) is 1. The molecule has 118 valence electrons. The zero-order valence-electron chi connectivity index (χ0n) is 11.3. The van der Waals surface area contributed by atoms with Crippen LogP contribution in [0.5, 0.6) is 5.75 Å². The second-order valence-corrected chi connectivity index (χ2v) is 6.00. The number of ether oxygens (including phenoxy) is 1. The summed E-state index contributed by atoms with van der Waals surface area (Å²) in [5.41, 5.74) is 0.274. The van der Waals surface area contributed by atoms with Crippen molar-refractivity contribution in [2.75, 3.05) is 0 Å². The molecular weight excluding hydrogens is 365 g/mol. The summed E-state index contributed by atoms with van der Waals surface area (Å²) in [6, 6.07) is 5.52. The standard InChI is InChI=1S/C14H12BrF3N2O2/c15-12-9(7-8-5-6-8)19-20(13(12)21)10-3-1-2-4-11(10)22-14(16,17)18/h1-4,8,19H,5-7H2. The quantitative estimate of drug-likeness (QED) is 0.882. The third-order valence-corrected chi connectivity index (χ3v) is 4.24. The van der Waals surface area contributed by atoms with E-state index in [9.17, 15) is 18.0 Å². The average molecular weight is 377 g/mol. The first kappa shape index (κ1) is 15.2. The van der Waals surface area contributed by atoms with Crippen LogP contribution in [0.1, 0.15) is 18.5 Å². The topological polar surface area (TPSA) is 47.0 Å². The molecule has 1 heterocycles. The zero-order chi connectivity index (χ0) is 15.9. The molecule has 22 heavy (non-hydrogen) atoms. The van der Waals surface area contributed by atoms with Gasteiger partial charge in [-0.2, -0.15) is 0 Å². The summed E-state index contributed by atoms with van der Waals surface area (Å²) in [4.78, 5) is 12.3. The van der Waals surface area contributed by atoms with E-state index < -0.39 is 17.7 Å². The summed E-state index contributed by atoms with van der Waals surface area (Å²) in [5.74, 6) is 0.105. The summed E-state index contributed by atoms with van der Waals surface area (Å²) >= 11 is 3.21. The fraction of sp³-hybridized carbons (Fsp3) is 0.357. The Morgan fingerprint density at radius 2 is 2.00 bits per heavy atom. The molecule has 0 saturated heterocycles. The number of para-hydroxylation sites is 2. The van der Waals surface area contributed by atoms with Gasteiger partial charge in [-0.1, -0.05) is 12.1 Å². The van der Waals surface area contributed by atoms with Crippen LogP contribution in [-0.2, 0) is 6.42 Å². The van der Waals surface area contributed by atoms with E-state index in [1.807, 2.05) is 0 Å². The molecule has 0 atom stereocenters. The molecule has 1 aliphatic carbocycles.